The topological polar surface area (TPSA) is 71.0 Å². The molecule has 0 saturated heterocycles. The Morgan fingerprint density at radius 3 is 2.47 bits per heavy atom. The molecular weight excluding hydrogens is 397 g/mol. The quantitative estimate of drug-likeness (QED) is 0.538. The normalized spacial score (nSPS) is 11.8. The number of carbonyl (C=O) groups excluding carboxylic acids is 1. The molecule has 2 aromatic carbocycles. The summed E-state index contributed by atoms with van der Waals surface area (Å²) in [5.74, 6) is 0.0735. The number of nitrogens with one attached hydrogen (secondary N) is 2. The first kappa shape index (κ1) is 22.9. The molecule has 0 aliphatic rings. The van der Waals surface area contributed by atoms with Gasteiger partial charge in [-0.05, 0) is 28.4 Å². The third kappa shape index (κ3) is 6.61. The molecule has 30 heavy (non-hydrogen) atoms. The molecule has 0 saturated carbocycles. The van der Waals surface area contributed by atoms with Crippen molar-refractivity contribution in [2.24, 2.45) is 0 Å². The summed E-state index contributed by atoms with van der Waals surface area (Å²) in [6.07, 6.45) is -2.26. The maximum absolute atomic E-state index is 12.7. The summed E-state index contributed by atoms with van der Waals surface area (Å²) in [6, 6.07) is 13.4. The summed E-state index contributed by atoms with van der Waals surface area (Å²) in [7, 11) is 0. The van der Waals surface area contributed by atoms with Crippen molar-refractivity contribution >= 4 is 17.6 Å². The van der Waals surface area contributed by atoms with Gasteiger partial charge in [0.25, 0.3) is 6.20 Å². The summed E-state index contributed by atoms with van der Waals surface area (Å²) >= 11 is 0. The van der Waals surface area contributed by atoms with Crippen molar-refractivity contribution in [1.29, 1.82) is 0 Å². The Kier molecular flexibility index (Phi) is 7.97. The minimum Gasteiger partial charge on any atom is -0.308 e. The van der Waals surface area contributed by atoms with E-state index in [0.29, 0.717) is 6.42 Å². The van der Waals surface area contributed by atoms with Crippen molar-refractivity contribution in [3.8, 4) is 0 Å². The Morgan fingerprint density at radius 2 is 1.80 bits per heavy atom. The molecule has 0 fully saturated rings. The second-order valence-electron chi connectivity index (χ2n) is 6.24. The van der Waals surface area contributed by atoms with Gasteiger partial charge in [-0.15, -0.1) is 0 Å². The fraction of sp³-hybridized carbons (Fsp3) is 0.286. The van der Waals surface area contributed by atoms with Crippen LogP contribution in [0.15, 0.2) is 65.3 Å². The molecule has 3 aromatic rings. The number of hydrogen-bond acceptors (Lipinski definition) is 3. The molecule has 0 aliphatic heterocycles. The Bertz CT molecular complexity index is 943. The first-order valence-corrected chi connectivity index (χ1v) is 9.48. The van der Waals surface area contributed by atoms with E-state index >= 15 is 0 Å². The molecule has 9 heteroatoms. The average Bonchev–Trinajstić information content (AvgIpc) is 3.18. The highest BCUT2D eigenvalue weighted by Gasteiger charge is 2.30. The number of hydrogen-bond donors (Lipinski definition) is 2. The molecule has 1 atom stereocenters. The highest BCUT2D eigenvalue weighted by Crippen LogP contribution is 2.30. The summed E-state index contributed by atoms with van der Waals surface area (Å²) in [5.41, 5.74) is 0.289. The second-order valence-corrected chi connectivity index (χ2v) is 6.24. The molecule has 0 radical (unpaired) electrons. The van der Waals surface area contributed by atoms with E-state index in [2.05, 4.69) is 15.9 Å². The van der Waals surface area contributed by atoms with Crippen LogP contribution in [-0.2, 0) is 12.6 Å². The van der Waals surface area contributed by atoms with Crippen LogP contribution in [0.5, 0.6) is 0 Å². The fourth-order valence-electron chi connectivity index (χ4n) is 2.62. The van der Waals surface area contributed by atoms with E-state index in [0.717, 1.165) is 17.7 Å². The molecule has 1 heterocycles. The molecule has 0 spiro atoms. The second kappa shape index (κ2) is 10.4. The largest absolute Gasteiger partial charge is 0.416 e. The highest BCUT2D eigenvalue weighted by atomic mass is 19.4. The van der Waals surface area contributed by atoms with E-state index in [1.54, 1.807) is 4.68 Å². The maximum atomic E-state index is 12.7. The third-order valence-electron chi connectivity index (χ3n) is 3.99. The number of anilines is 2. The van der Waals surface area contributed by atoms with Crippen LogP contribution in [0.2, 0.25) is 0 Å². The van der Waals surface area contributed by atoms with E-state index in [-0.39, 0.29) is 17.6 Å². The van der Waals surface area contributed by atoms with Crippen molar-refractivity contribution in [3.63, 3.8) is 0 Å². The zero-order chi connectivity index (χ0) is 22.1. The van der Waals surface area contributed by atoms with Crippen LogP contribution in [-0.4, -0.2) is 11.3 Å². The first-order valence-electron chi connectivity index (χ1n) is 9.48. The van der Waals surface area contributed by atoms with Gasteiger partial charge in [-0.1, -0.05) is 50.2 Å². The zero-order valence-corrected chi connectivity index (χ0v) is 16.9. The van der Waals surface area contributed by atoms with Gasteiger partial charge in [-0.2, -0.15) is 13.2 Å². The Hall–Kier alpha value is -3.36. The number of amides is 2. The van der Waals surface area contributed by atoms with Gasteiger partial charge < -0.3 is 5.32 Å². The van der Waals surface area contributed by atoms with Crippen molar-refractivity contribution in [3.05, 3.63) is 71.9 Å². The van der Waals surface area contributed by atoms with Gasteiger partial charge >= 0.3 is 18.1 Å². The summed E-state index contributed by atoms with van der Waals surface area (Å²) < 4.78 is 44.8. The van der Waals surface area contributed by atoms with Gasteiger partial charge in [-0.3, -0.25) is 9.84 Å². The molecular formula is C21H24F3N4O2+. The van der Waals surface area contributed by atoms with Crippen LogP contribution in [0.3, 0.4) is 0 Å². The average molecular weight is 421 g/mol. The number of benzene rings is 2. The van der Waals surface area contributed by atoms with Crippen LogP contribution in [0.4, 0.5) is 29.5 Å². The van der Waals surface area contributed by atoms with Crippen molar-refractivity contribution < 1.29 is 27.2 Å². The highest BCUT2D eigenvalue weighted by molar-refractivity contribution is 5.98. The van der Waals surface area contributed by atoms with E-state index in [9.17, 15) is 18.0 Å². The number of urea groups is 1. The Morgan fingerprint density at radius 1 is 1.10 bits per heavy atom. The lowest BCUT2D eigenvalue weighted by Crippen LogP contribution is -2.40. The molecule has 160 valence electrons. The fourth-order valence-corrected chi connectivity index (χ4v) is 2.62. The van der Waals surface area contributed by atoms with Crippen molar-refractivity contribution in [1.82, 2.24) is 5.27 Å². The van der Waals surface area contributed by atoms with Gasteiger partial charge in [0.15, 0.2) is 6.04 Å². The molecule has 1 aromatic heterocycles. The number of alkyl halides is 3. The molecule has 0 unspecified atom stereocenters. The van der Waals surface area contributed by atoms with Crippen molar-refractivity contribution in [2.75, 3.05) is 10.6 Å². The predicted molar refractivity (Wildman–Crippen MR) is 107 cm³/mol. The Balaban J connectivity index is 0.00000155. The molecule has 0 bridgehead atoms. The minimum absolute atomic E-state index is 0.0113. The summed E-state index contributed by atoms with van der Waals surface area (Å²) in [6.45, 7) is 5.95. The zero-order valence-electron chi connectivity index (χ0n) is 16.9. The number of nitrogens with zero attached hydrogens (tertiary/aromatic N) is 2. The SMILES string of the molecule is CC.C[C@H](Cc1ccccc1)[n+]1cc(NC(=O)Nc2cccc(C(F)(F)F)c2)on1. The van der Waals surface area contributed by atoms with Crippen LogP contribution >= 0.6 is 0 Å². The number of rotatable bonds is 5. The number of aromatic nitrogens is 2. The van der Waals surface area contributed by atoms with Crippen molar-refractivity contribution in [2.45, 2.75) is 39.4 Å². The van der Waals surface area contributed by atoms with Crippen LogP contribution in [0, 0.1) is 0 Å². The number of halogens is 3. The number of carbonyl (C=O) groups is 1. The third-order valence-corrected chi connectivity index (χ3v) is 3.99. The molecule has 2 N–H and O–H groups in total. The smallest absolute Gasteiger partial charge is 0.308 e. The maximum Gasteiger partial charge on any atom is 0.416 e. The lowest BCUT2D eigenvalue weighted by Gasteiger charge is -2.09. The predicted octanol–water partition coefficient (Wildman–Crippen LogP) is 5.45. The van der Waals surface area contributed by atoms with Gasteiger partial charge in [0, 0.05) is 19.0 Å². The lowest BCUT2D eigenvalue weighted by molar-refractivity contribution is -0.782. The molecule has 2 amide bonds. The lowest BCUT2D eigenvalue weighted by atomic mass is 10.1. The summed E-state index contributed by atoms with van der Waals surface area (Å²) in [4.78, 5) is 12.0. The van der Waals surface area contributed by atoms with E-state index in [1.165, 1.54) is 18.3 Å². The summed E-state index contributed by atoms with van der Waals surface area (Å²) in [5, 5.41) is 8.61. The minimum atomic E-state index is -4.49. The Labute approximate surface area is 172 Å². The van der Waals surface area contributed by atoms with Crippen LogP contribution < -0.4 is 15.3 Å². The molecule has 3 rings (SSSR count). The molecule has 0 aliphatic carbocycles. The van der Waals surface area contributed by atoms with E-state index in [1.807, 2.05) is 51.1 Å². The van der Waals surface area contributed by atoms with E-state index < -0.39 is 17.8 Å². The van der Waals surface area contributed by atoms with Gasteiger partial charge in [-0.25, -0.2) is 4.79 Å². The van der Waals surface area contributed by atoms with Crippen LogP contribution in [0.1, 0.15) is 37.9 Å². The van der Waals surface area contributed by atoms with Gasteiger partial charge in [0.1, 0.15) is 0 Å². The standard InChI is InChI=1S/C19H17F3N4O2.C2H6/c1-13(10-14-6-3-2-4-7-14)26-12-17(28-25-26)24-18(27)23-16-9-5-8-15(11-16)19(20,21)22;1-2/h2-9,11-13H,10H2,1H3,(H-,23,24,25,27);1-2H3/p+1/t13-;/m1./s1. The molecule has 6 nitrogen and oxygen atoms in total. The van der Waals surface area contributed by atoms with Crippen LogP contribution in [0.25, 0.3) is 0 Å². The van der Waals surface area contributed by atoms with Gasteiger partial charge in [0.05, 0.1) is 5.56 Å². The monoisotopic (exact) mass is 421 g/mol. The first-order chi connectivity index (χ1) is 14.3. The van der Waals surface area contributed by atoms with Gasteiger partial charge in [0.2, 0.25) is 5.27 Å². The van der Waals surface area contributed by atoms with E-state index in [4.69, 9.17) is 4.52 Å².